The SMILES string of the molecule is CCOC(=O)CCN(Cc1ccccn1)C(=O)CCc1ccccc1. The number of carbonyl (C=O) groups is 2. The summed E-state index contributed by atoms with van der Waals surface area (Å²) in [6.45, 7) is 2.85. The molecule has 5 nitrogen and oxygen atoms in total. The third kappa shape index (κ3) is 6.75. The van der Waals surface area contributed by atoms with Crippen LogP contribution in [0.5, 0.6) is 0 Å². The van der Waals surface area contributed by atoms with Gasteiger partial charge in [0.2, 0.25) is 5.91 Å². The molecular weight excluding hydrogens is 316 g/mol. The van der Waals surface area contributed by atoms with Gasteiger partial charge in [0, 0.05) is 19.2 Å². The van der Waals surface area contributed by atoms with Gasteiger partial charge in [0.25, 0.3) is 0 Å². The van der Waals surface area contributed by atoms with Crippen LogP contribution in [-0.4, -0.2) is 34.9 Å². The minimum absolute atomic E-state index is 0.0128. The Kier molecular flexibility index (Phi) is 7.63. The van der Waals surface area contributed by atoms with Crippen molar-refractivity contribution in [1.82, 2.24) is 9.88 Å². The summed E-state index contributed by atoms with van der Waals surface area (Å²) in [7, 11) is 0. The summed E-state index contributed by atoms with van der Waals surface area (Å²) in [5.74, 6) is -0.275. The van der Waals surface area contributed by atoms with Crippen molar-refractivity contribution in [2.75, 3.05) is 13.2 Å². The Morgan fingerprint density at radius 3 is 2.48 bits per heavy atom. The molecule has 0 spiro atoms. The van der Waals surface area contributed by atoms with Gasteiger partial charge in [-0.05, 0) is 31.0 Å². The van der Waals surface area contributed by atoms with Crippen molar-refractivity contribution < 1.29 is 14.3 Å². The number of aryl methyl sites for hydroxylation is 1. The maximum atomic E-state index is 12.6. The molecule has 0 aliphatic heterocycles. The van der Waals surface area contributed by atoms with Gasteiger partial charge in [0.05, 0.1) is 25.3 Å². The van der Waals surface area contributed by atoms with Crippen LogP contribution in [0.3, 0.4) is 0 Å². The maximum absolute atomic E-state index is 12.6. The highest BCUT2D eigenvalue weighted by Crippen LogP contribution is 2.09. The first-order chi connectivity index (χ1) is 12.2. The highest BCUT2D eigenvalue weighted by atomic mass is 16.5. The number of aromatic nitrogens is 1. The second-order valence-corrected chi connectivity index (χ2v) is 5.68. The summed E-state index contributed by atoms with van der Waals surface area (Å²) in [6.07, 6.45) is 2.97. The quantitative estimate of drug-likeness (QED) is 0.659. The standard InChI is InChI=1S/C20H24N2O3/c1-2-25-20(24)13-15-22(16-18-10-6-7-14-21-18)19(23)12-11-17-8-4-3-5-9-17/h3-10,14H,2,11-13,15-16H2,1H3. The van der Waals surface area contributed by atoms with Gasteiger partial charge in [-0.3, -0.25) is 14.6 Å². The van der Waals surface area contributed by atoms with Gasteiger partial charge >= 0.3 is 5.97 Å². The van der Waals surface area contributed by atoms with E-state index in [9.17, 15) is 9.59 Å². The van der Waals surface area contributed by atoms with Gasteiger partial charge < -0.3 is 9.64 Å². The second-order valence-electron chi connectivity index (χ2n) is 5.68. The second kappa shape index (κ2) is 10.2. The maximum Gasteiger partial charge on any atom is 0.307 e. The van der Waals surface area contributed by atoms with E-state index in [0.29, 0.717) is 32.5 Å². The largest absolute Gasteiger partial charge is 0.466 e. The van der Waals surface area contributed by atoms with Crippen LogP contribution in [0, 0.1) is 0 Å². The number of ether oxygens (including phenoxy) is 1. The lowest BCUT2D eigenvalue weighted by molar-refractivity contribution is -0.144. The molecule has 0 aliphatic carbocycles. The summed E-state index contributed by atoms with van der Waals surface area (Å²) >= 11 is 0. The highest BCUT2D eigenvalue weighted by Gasteiger charge is 2.16. The van der Waals surface area contributed by atoms with Gasteiger partial charge in [0.15, 0.2) is 0 Å². The molecule has 1 amide bonds. The fraction of sp³-hybridized carbons (Fsp3) is 0.350. The lowest BCUT2D eigenvalue weighted by Gasteiger charge is -2.22. The molecule has 0 saturated carbocycles. The molecule has 0 saturated heterocycles. The van der Waals surface area contributed by atoms with E-state index >= 15 is 0 Å². The molecule has 0 fully saturated rings. The van der Waals surface area contributed by atoms with E-state index in [0.717, 1.165) is 11.3 Å². The Hall–Kier alpha value is -2.69. The summed E-state index contributed by atoms with van der Waals surface area (Å²) < 4.78 is 4.96. The predicted molar refractivity (Wildman–Crippen MR) is 95.7 cm³/mol. The van der Waals surface area contributed by atoms with Crippen molar-refractivity contribution in [3.8, 4) is 0 Å². The highest BCUT2D eigenvalue weighted by molar-refractivity contribution is 5.77. The molecular formula is C20H24N2O3. The molecule has 1 aromatic carbocycles. The molecule has 0 N–H and O–H groups in total. The van der Waals surface area contributed by atoms with E-state index in [1.54, 1.807) is 18.0 Å². The normalized spacial score (nSPS) is 10.3. The van der Waals surface area contributed by atoms with Crippen molar-refractivity contribution in [3.05, 3.63) is 66.0 Å². The number of esters is 1. The number of hydrogen-bond donors (Lipinski definition) is 0. The van der Waals surface area contributed by atoms with Crippen molar-refractivity contribution in [1.29, 1.82) is 0 Å². The molecule has 0 atom stereocenters. The average Bonchev–Trinajstić information content (AvgIpc) is 2.65. The monoisotopic (exact) mass is 340 g/mol. The number of carbonyl (C=O) groups excluding carboxylic acids is 2. The van der Waals surface area contributed by atoms with Crippen LogP contribution in [0.4, 0.5) is 0 Å². The van der Waals surface area contributed by atoms with E-state index in [-0.39, 0.29) is 18.3 Å². The zero-order valence-corrected chi connectivity index (χ0v) is 14.6. The van der Waals surface area contributed by atoms with Crippen LogP contribution >= 0.6 is 0 Å². The minimum atomic E-state index is -0.288. The van der Waals surface area contributed by atoms with Gasteiger partial charge in [-0.15, -0.1) is 0 Å². The van der Waals surface area contributed by atoms with Gasteiger partial charge in [-0.1, -0.05) is 36.4 Å². The molecule has 132 valence electrons. The summed E-state index contributed by atoms with van der Waals surface area (Å²) in [5.41, 5.74) is 1.93. The molecule has 25 heavy (non-hydrogen) atoms. The first kappa shape index (κ1) is 18.6. The van der Waals surface area contributed by atoms with Crippen molar-refractivity contribution in [2.45, 2.75) is 32.7 Å². The van der Waals surface area contributed by atoms with Gasteiger partial charge in [-0.25, -0.2) is 0 Å². The van der Waals surface area contributed by atoms with Crippen LogP contribution in [0.25, 0.3) is 0 Å². The van der Waals surface area contributed by atoms with E-state index < -0.39 is 0 Å². The minimum Gasteiger partial charge on any atom is -0.466 e. The van der Waals surface area contributed by atoms with Crippen LogP contribution in [0.1, 0.15) is 31.0 Å². The lowest BCUT2D eigenvalue weighted by atomic mass is 10.1. The molecule has 0 radical (unpaired) electrons. The molecule has 2 aromatic rings. The smallest absolute Gasteiger partial charge is 0.307 e. The van der Waals surface area contributed by atoms with Gasteiger partial charge in [-0.2, -0.15) is 0 Å². The Morgan fingerprint density at radius 1 is 1.04 bits per heavy atom. The van der Waals surface area contributed by atoms with Crippen LogP contribution in [0.2, 0.25) is 0 Å². The Balaban J connectivity index is 1.96. The number of amides is 1. The van der Waals surface area contributed by atoms with E-state index in [2.05, 4.69) is 4.98 Å². The molecule has 1 heterocycles. The fourth-order valence-electron chi connectivity index (χ4n) is 2.49. The molecule has 0 unspecified atom stereocenters. The summed E-state index contributed by atoms with van der Waals surface area (Å²) in [5, 5.41) is 0. The number of pyridine rings is 1. The van der Waals surface area contributed by atoms with Crippen LogP contribution in [-0.2, 0) is 27.3 Å². The molecule has 2 rings (SSSR count). The molecule has 0 aliphatic rings. The number of hydrogen-bond acceptors (Lipinski definition) is 4. The number of rotatable bonds is 9. The first-order valence-electron chi connectivity index (χ1n) is 8.56. The van der Waals surface area contributed by atoms with Crippen molar-refractivity contribution >= 4 is 11.9 Å². The lowest BCUT2D eigenvalue weighted by Crippen LogP contribution is -2.33. The molecule has 5 heteroatoms. The van der Waals surface area contributed by atoms with Gasteiger partial charge in [0.1, 0.15) is 0 Å². The third-order valence-electron chi connectivity index (χ3n) is 3.79. The average molecular weight is 340 g/mol. The summed E-state index contributed by atoms with van der Waals surface area (Å²) in [4.78, 5) is 30.2. The number of nitrogens with zero attached hydrogens (tertiary/aromatic N) is 2. The Morgan fingerprint density at radius 2 is 1.80 bits per heavy atom. The third-order valence-corrected chi connectivity index (χ3v) is 3.79. The Bertz CT molecular complexity index is 659. The van der Waals surface area contributed by atoms with E-state index in [1.807, 2.05) is 48.5 Å². The van der Waals surface area contributed by atoms with E-state index in [1.165, 1.54) is 0 Å². The Labute approximate surface area is 148 Å². The summed E-state index contributed by atoms with van der Waals surface area (Å²) in [6, 6.07) is 15.5. The van der Waals surface area contributed by atoms with Crippen molar-refractivity contribution in [3.63, 3.8) is 0 Å². The van der Waals surface area contributed by atoms with Crippen molar-refractivity contribution in [2.24, 2.45) is 0 Å². The zero-order valence-electron chi connectivity index (χ0n) is 14.6. The topological polar surface area (TPSA) is 59.5 Å². The first-order valence-corrected chi connectivity index (χ1v) is 8.56. The van der Waals surface area contributed by atoms with Crippen LogP contribution < -0.4 is 0 Å². The molecule has 1 aromatic heterocycles. The number of benzene rings is 1. The molecule has 0 bridgehead atoms. The fourth-order valence-corrected chi connectivity index (χ4v) is 2.49. The predicted octanol–water partition coefficient (Wildman–Crippen LogP) is 3.00. The zero-order chi connectivity index (χ0) is 17.9. The van der Waals surface area contributed by atoms with Crippen LogP contribution in [0.15, 0.2) is 54.7 Å². The van der Waals surface area contributed by atoms with E-state index in [4.69, 9.17) is 4.74 Å².